The Hall–Kier alpha value is -2.87. The Morgan fingerprint density at radius 2 is 2.30 bits per heavy atom. The third-order valence-corrected chi connectivity index (χ3v) is 4.62. The number of carbonyl (C=O) groups is 1. The van der Waals surface area contributed by atoms with Gasteiger partial charge in [-0.25, -0.2) is 4.98 Å². The fourth-order valence-electron chi connectivity index (χ4n) is 2.76. The SMILES string of the molecule is O=C(NCC1=NOC(COc2cccc(Br)c2)C1)c1ccc2nccn2c1. The number of aromatic nitrogens is 2. The van der Waals surface area contributed by atoms with Crippen LogP contribution < -0.4 is 10.1 Å². The minimum absolute atomic E-state index is 0.154. The van der Waals surface area contributed by atoms with E-state index in [9.17, 15) is 4.79 Å². The number of halogens is 1. The first-order valence-corrected chi connectivity index (χ1v) is 9.27. The van der Waals surface area contributed by atoms with Crippen molar-refractivity contribution in [2.45, 2.75) is 12.5 Å². The molecule has 1 aliphatic heterocycles. The van der Waals surface area contributed by atoms with Crippen molar-refractivity contribution >= 4 is 33.2 Å². The summed E-state index contributed by atoms with van der Waals surface area (Å²) >= 11 is 3.41. The van der Waals surface area contributed by atoms with Crippen LogP contribution in [-0.2, 0) is 4.84 Å². The second kappa shape index (κ2) is 7.79. The third kappa shape index (κ3) is 4.28. The molecule has 0 saturated carbocycles. The number of benzene rings is 1. The quantitative estimate of drug-likeness (QED) is 0.654. The lowest BCUT2D eigenvalue weighted by Crippen LogP contribution is -2.30. The molecule has 0 aliphatic carbocycles. The average Bonchev–Trinajstić information content (AvgIpc) is 3.33. The van der Waals surface area contributed by atoms with Crippen molar-refractivity contribution in [1.29, 1.82) is 0 Å². The van der Waals surface area contributed by atoms with Gasteiger partial charge in [0.05, 0.1) is 17.8 Å². The van der Waals surface area contributed by atoms with Gasteiger partial charge in [0.15, 0.2) is 6.10 Å². The first-order chi connectivity index (χ1) is 13.2. The van der Waals surface area contributed by atoms with E-state index in [2.05, 4.69) is 31.4 Å². The number of hydrogen-bond acceptors (Lipinski definition) is 5. The number of ether oxygens (including phenoxy) is 1. The van der Waals surface area contributed by atoms with Gasteiger partial charge in [-0.15, -0.1) is 0 Å². The van der Waals surface area contributed by atoms with E-state index in [1.807, 2.05) is 24.3 Å². The average molecular weight is 429 g/mol. The van der Waals surface area contributed by atoms with Gasteiger partial charge in [-0.05, 0) is 30.3 Å². The lowest BCUT2D eigenvalue weighted by molar-refractivity contribution is 0.0470. The summed E-state index contributed by atoms with van der Waals surface area (Å²) in [4.78, 5) is 21.9. The van der Waals surface area contributed by atoms with Gasteiger partial charge in [-0.3, -0.25) is 4.79 Å². The summed E-state index contributed by atoms with van der Waals surface area (Å²) in [6, 6.07) is 11.2. The van der Waals surface area contributed by atoms with Crippen molar-refractivity contribution < 1.29 is 14.4 Å². The highest BCUT2D eigenvalue weighted by atomic mass is 79.9. The van der Waals surface area contributed by atoms with Crippen LogP contribution in [0.15, 0.2) is 64.6 Å². The zero-order chi connectivity index (χ0) is 18.6. The number of rotatable bonds is 6. The number of oxime groups is 1. The van der Waals surface area contributed by atoms with Crippen molar-refractivity contribution in [1.82, 2.24) is 14.7 Å². The minimum Gasteiger partial charge on any atom is -0.490 e. The van der Waals surface area contributed by atoms with Crippen molar-refractivity contribution in [2.75, 3.05) is 13.2 Å². The molecule has 3 aromatic rings. The summed E-state index contributed by atoms with van der Waals surface area (Å²) < 4.78 is 8.49. The summed E-state index contributed by atoms with van der Waals surface area (Å²) in [6.45, 7) is 0.739. The molecule has 0 saturated heterocycles. The maximum Gasteiger partial charge on any atom is 0.253 e. The van der Waals surface area contributed by atoms with Crippen LogP contribution in [0.3, 0.4) is 0 Å². The first kappa shape index (κ1) is 17.5. The van der Waals surface area contributed by atoms with Crippen molar-refractivity contribution in [2.24, 2.45) is 5.16 Å². The molecule has 0 spiro atoms. The van der Waals surface area contributed by atoms with Gasteiger partial charge in [0.1, 0.15) is 18.0 Å². The molecule has 1 amide bonds. The normalized spacial score (nSPS) is 16.0. The summed E-state index contributed by atoms with van der Waals surface area (Å²) in [5, 5.41) is 6.92. The molecule has 1 aromatic carbocycles. The molecule has 2 aromatic heterocycles. The predicted molar refractivity (Wildman–Crippen MR) is 104 cm³/mol. The Morgan fingerprint density at radius 1 is 1.37 bits per heavy atom. The second-order valence-electron chi connectivity index (χ2n) is 6.15. The molecular formula is C19H17BrN4O3. The van der Waals surface area contributed by atoms with Gasteiger partial charge >= 0.3 is 0 Å². The number of hydrogen-bond donors (Lipinski definition) is 1. The zero-order valence-electron chi connectivity index (χ0n) is 14.3. The van der Waals surface area contributed by atoms with Crippen molar-refractivity contribution in [3.63, 3.8) is 0 Å². The maximum absolute atomic E-state index is 12.3. The summed E-state index contributed by atoms with van der Waals surface area (Å²) in [5.74, 6) is 0.603. The molecule has 7 nitrogen and oxygen atoms in total. The molecule has 1 N–H and O–H groups in total. The first-order valence-electron chi connectivity index (χ1n) is 8.48. The zero-order valence-corrected chi connectivity index (χ0v) is 15.9. The van der Waals surface area contributed by atoms with Crippen LogP contribution in [0.2, 0.25) is 0 Å². The van der Waals surface area contributed by atoms with Gasteiger partial charge in [-0.2, -0.15) is 0 Å². The highest BCUT2D eigenvalue weighted by Gasteiger charge is 2.22. The Kier molecular flexibility index (Phi) is 5.06. The van der Waals surface area contributed by atoms with E-state index in [1.54, 1.807) is 35.1 Å². The highest BCUT2D eigenvalue weighted by Crippen LogP contribution is 2.19. The molecule has 138 valence electrons. The molecule has 8 heteroatoms. The van der Waals surface area contributed by atoms with Gasteiger partial charge in [0, 0.05) is 29.5 Å². The monoisotopic (exact) mass is 428 g/mol. The summed E-state index contributed by atoms with van der Waals surface area (Å²) in [7, 11) is 0. The van der Waals surface area contributed by atoms with E-state index in [0.717, 1.165) is 21.6 Å². The highest BCUT2D eigenvalue weighted by molar-refractivity contribution is 9.10. The second-order valence-corrected chi connectivity index (χ2v) is 7.07. The molecule has 4 rings (SSSR count). The molecule has 1 aliphatic rings. The van der Waals surface area contributed by atoms with Crippen LogP contribution in [0.1, 0.15) is 16.8 Å². The lowest BCUT2D eigenvalue weighted by Gasteiger charge is -2.10. The van der Waals surface area contributed by atoms with E-state index < -0.39 is 0 Å². The fourth-order valence-corrected chi connectivity index (χ4v) is 3.14. The molecule has 1 unspecified atom stereocenters. The molecule has 0 radical (unpaired) electrons. The van der Waals surface area contributed by atoms with Crippen LogP contribution in [0.5, 0.6) is 5.75 Å². The standard InChI is InChI=1S/C19H17BrN4O3/c20-14-2-1-3-16(8-14)26-12-17-9-15(23-27-17)10-22-19(25)13-4-5-18-21-6-7-24(18)11-13/h1-8,11,17H,9-10,12H2,(H,22,25). The van der Waals surface area contributed by atoms with Gasteiger partial charge in [0.25, 0.3) is 5.91 Å². The number of nitrogens with zero attached hydrogens (tertiary/aromatic N) is 3. The Labute approximate surface area is 164 Å². The molecule has 1 atom stereocenters. The van der Waals surface area contributed by atoms with Gasteiger partial charge < -0.3 is 19.3 Å². The smallest absolute Gasteiger partial charge is 0.253 e. The third-order valence-electron chi connectivity index (χ3n) is 4.13. The summed E-state index contributed by atoms with van der Waals surface area (Å²) in [5.41, 5.74) is 2.15. The largest absolute Gasteiger partial charge is 0.490 e. The number of amides is 1. The molecule has 0 bridgehead atoms. The van der Waals surface area contributed by atoms with E-state index >= 15 is 0 Å². The number of carbonyl (C=O) groups excluding carboxylic acids is 1. The Balaban J connectivity index is 1.25. The van der Waals surface area contributed by atoms with Crippen LogP contribution in [0.25, 0.3) is 5.65 Å². The van der Waals surface area contributed by atoms with Crippen LogP contribution in [0.4, 0.5) is 0 Å². The van der Waals surface area contributed by atoms with E-state index in [4.69, 9.17) is 9.57 Å². The maximum atomic E-state index is 12.3. The number of pyridine rings is 1. The molecule has 0 fully saturated rings. The van der Waals surface area contributed by atoms with E-state index in [1.165, 1.54) is 0 Å². The van der Waals surface area contributed by atoms with Crippen LogP contribution >= 0.6 is 15.9 Å². The number of nitrogens with one attached hydrogen (secondary N) is 1. The molecular weight excluding hydrogens is 412 g/mol. The Bertz CT molecular complexity index is 1000. The van der Waals surface area contributed by atoms with Crippen LogP contribution in [0, 0.1) is 0 Å². The topological polar surface area (TPSA) is 77.2 Å². The fraction of sp³-hybridized carbons (Fsp3) is 0.211. The van der Waals surface area contributed by atoms with Gasteiger partial charge in [0.2, 0.25) is 0 Å². The minimum atomic E-state index is -0.165. The predicted octanol–water partition coefficient (Wildman–Crippen LogP) is 3.05. The Morgan fingerprint density at radius 3 is 3.19 bits per heavy atom. The number of fused-ring (bicyclic) bond motifs is 1. The van der Waals surface area contributed by atoms with E-state index in [-0.39, 0.29) is 12.0 Å². The molecule has 3 heterocycles. The van der Waals surface area contributed by atoms with E-state index in [0.29, 0.717) is 25.1 Å². The van der Waals surface area contributed by atoms with Gasteiger partial charge in [-0.1, -0.05) is 27.2 Å². The van der Waals surface area contributed by atoms with Crippen molar-refractivity contribution in [3.05, 3.63) is 65.0 Å². The van der Waals surface area contributed by atoms with Crippen LogP contribution in [-0.4, -0.2) is 40.3 Å². The van der Waals surface area contributed by atoms with Crippen molar-refractivity contribution in [3.8, 4) is 5.75 Å². The summed E-state index contributed by atoms with van der Waals surface area (Å²) in [6.07, 6.45) is 5.71. The number of imidazole rings is 1. The molecule has 27 heavy (non-hydrogen) atoms. The lowest BCUT2D eigenvalue weighted by atomic mass is 10.2.